The lowest BCUT2D eigenvalue weighted by molar-refractivity contribution is -0.186. The van der Waals surface area contributed by atoms with E-state index in [0.717, 1.165) is 0 Å². The molecule has 0 aromatic carbocycles. The Morgan fingerprint density at radius 1 is 1.38 bits per heavy atom. The van der Waals surface area contributed by atoms with Crippen molar-refractivity contribution in [3.8, 4) is 0 Å². The average molecular weight is 305 g/mol. The molecule has 1 aliphatic rings. The number of halogens is 3. The van der Waals surface area contributed by atoms with Gasteiger partial charge in [-0.05, 0) is 45.0 Å². The standard InChI is InChI=1S/C14H18F3NO3/c1-9(11-3-4-12(21-11)13(19)20-2)18-7-5-10(6-8-18)14(15,16)17/h3-4,9-10H,5-8H2,1-2H3. The Labute approximate surface area is 120 Å². The van der Waals surface area contributed by atoms with Gasteiger partial charge in [0, 0.05) is 0 Å². The summed E-state index contributed by atoms with van der Waals surface area (Å²) in [6.07, 6.45) is -3.92. The maximum atomic E-state index is 12.6. The minimum Gasteiger partial charge on any atom is -0.463 e. The molecule has 1 unspecified atom stereocenters. The Morgan fingerprint density at radius 3 is 2.52 bits per heavy atom. The van der Waals surface area contributed by atoms with Crippen molar-refractivity contribution in [2.24, 2.45) is 5.92 Å². The average Bonchev–Trinajstić information content (AvgIpc) is 2.94. The minimum atomic E-state index is -4.11. The van der Waals surface area contributed by atoms with E-state index in [9.17, 15) is 18.0 Å². The zero-order chi connectivity index (χ0) is 15.6. The SMILES string of the molecule is COC(=O)c1ccc(C(C)N2CCC(C(F)(F)F)CC2)o1. The van der Waals surface area contributed by atoms with Gasteiger partial charge in [-0.1, -0.05) is 0 Å². The lowest BCUT2D eigenvalue weighted by Crippen LogP contribution is -2.40. The van der Waals surface area contributed by atoms with Gasteiger partial charge in [0.1, 0.15) is 5.76 Å². The van der Waals surface area contributed by atoms with Crippen LogP contribution in [0.25, 0.3) is 0 Å². The van der Waals surface area contributed by atoms with Gasteiger partial charge >= 0.3 is 12.1 Å². The number of rotatable bonds is 3. The zero-order valence-electron chi connectivity index (χ0n) is 11.9. The first-order valence-electron chi connectivity index (χ1n) is 6.81. The first kappa shape index (κ1) is 15.9. The highest BCUT2D eigenvalue weighted by atomic mass is 19.4. The van der Waals surface area contributed by atoms with Gasteiger partial charge in [0.15, 0.2) is 0 Å². The highest BCUT2D eigenvalue weighted by Gasteiger charge is 2.41. The molecule has 0 bridgehead atoms. The van der Waals surface area contributed by atoms with Gasteiger partial charge in [-0.2, -0.15) is 13.2 Å². The Balaban J connectivity index is 1.97. The number of hydrogen-bond acceptors (Lipinski definition) is 4. The van der Waals surface area contributed by atoms with Gasteiger partial charge in [0.2, 0.25) is 5.76 Å². The van der Waals surface area contributed by atoms with Crippen molar-refractivity contribution in [3.63, 3.8) is 0 Å². The van der Waals surface area contributed by atoms with E-state index in [4.69, 9.17) is 4.42 Å². The highest BCUT2D eigenvalue weighted by molar-refractivity contribution is 5.86. The van der Waals surface area contributed by atoms with Gasteiger partial charge in [-0.25, -0.2) is 4.79 Å². The minimum absolute atomic E-state index is 0.0956. The van der Waals surface area contributed by atoms with Gasteiger partial charge in [0.25, 0.3) is 0 Å². The summed E-state index contributed by atoms with van der Waals surface area (Å²) >= 11 is 0. The number of carbonyl (C=O) groups is 1. The number of furan rings is 1. The molecule has 0 radical (unpaired) electrons. The molecule has 2 heterocycles. The number of carbonyl (C=O) groups excluding carboxylic acids is 1. The molecule has 1 saturated heterocycles. The van der Waals surface area contributed by atoms with E-state index < -0.39 is 18.1 Å². The van der Waals surface area contributed by atoms with E-state index in [2.05, 4.69) is 4.74 Å². The lowest BCUT2D eigenvalue weighted by Gasteiger charge is -2.35. The monoisotopic (exact) mass is 305 g/mol. The Morgan fingerprint density at radius 2 is 2.00 bits per heavy atom. The van der Waals surface area contributed by atoms with Gasteiger partial charge in [-0.15, -0.1) is 0 Å². The van der Waals surface area contributed by atoms with Crippen molar-refractivity contribution in [2.45, 2.75) is 32.0 Å². The van der Waals surface area contributed by atoms with Crippen molar-refractivity contribution in [3.05, 3.63) is 23.7 Å². The second kappa shape index (κ2) is 6.09. The van der Waals surface area contributed by atoms with E-state index in [1.807, 2.05) is 11.8 Å². The summed E-state index contributed by atoms with van der Waals surface area (Å²) in [6.45, 7) is 2.58. The third-order valence-electron chi connectivity index (χ3n) is 3.97. The topological polar surface area (TPSA) is 42.7 Å². The summed E-state index contributed by atoms with van der Waals surface area (Å²) in [7, 11) is 1.26. The fourth-order valence-corrected chi connectivity index (χ4v) is 2.58. The number of piperidine rings is 1. The molecule has 1 aliphatic heterocycles. The number of ether oxygens (including phenoxy) is 1. The zero-order valence-corrected chi connectivity index (χ0v) is 11.9. The van der Waals surface area contributed by atoms with Gasteiger partial charge in [-0.3, -0.25) is 4.90 Å². The van der Waals surface area contributed by atoms with Crippen LogP contribution in [-0.2, 0) is 4.74 Å². The first-order valence-corrected chi connectivity index (χ1v) is 6.81. The van der Waals surface area contributed by atoms with Crippen molar-refractivity contribution < 1.29 is 27.1 Å². The van der Waals surface area contributed by atoms with E-state index in [1.54, 1.807) is 6.07 Å². The highest BCUT2D eigenvalue weighted by Crippen LogP contribution is 2.36. The van der Waals surface area contributed by atoms with E-state index in [1.165, 1.54) is 13.2 Å². The van der Waals surface area contributed by atoms with Crippen LogP contribution in [0.5, 0.6) is 0 Å². The van der Waals surface area contributed by atoms with E-state index >= 15 is 0 Å². The summed E-state index contributed by atoms with van der Waals surface area (Å²) in [5.41, 5.74) is 0. The molecule has 0 saturated carbocycles. The van der Waals surface area contributed by atoms with Crippen LogP contribution in [0.3, 0.4) is 0 Å². The van der Waals surface area contributed by atoms with Crippen molar-refractivity contribution >= 4 is 5.97 Å². The molecule has 0 N–H and O–H groups in total. The predicted octanol–water partition coefficient (Wildman–Crippen LogP) is 3.40. The van der Waals surface area contributed by atoms with Crippen LogP contribution in [0.15, 0.2) is 16.5 Å². The van der Waals surface area contributed by atoms with Crippen LogP contribution in [0, 0.1) is 5.92 Å². The summed E-state index contributed by atoms with van der Waals surface area (Å²) in [4.78, 5) is 13.3. The molecule has 118 valence electrons. The number of methoxy groups -OCH3 is 1. The van der Waals surface area contributed by atoms with Crippen LogP contribution in [0.1, 0.15) is 42.1 Å². The van der Waals surface area contributed by atoms with Crippen LogP contribution in [0.4, 0.5) is 13.2 Å². The van der Waals surface area contributed by atoms with Gasteiger partial charge < -0.3 is 9.15 Å². The molecule has 1 atom stereocenters. The molecule has 0 aliphatic carbocycles. The molecule has 1 aromatic rings. The molecule has 0 amide bonds. The lowest BCUT2D eigenvalue weighted by atomic mass is 9.95. The Kier molecular flexibility index (Phi) is 4.61. The fourth-order valence-electron chi connectivity index (χ4n) is 2.58. The maximum Gasteiger partial charge on any atom is 0.391 e. The molecule has 1 aromatic heterocycles. The van der Waals surface area contributed by atoms with Crippen LogP contribution < -0.4 is 0 Å². The molecule has 7 heteroatoms. The number of esters is 1. The second-order valence-electron chi connectivity index (χ2n) is 5.22. The summed E-state index contributed by atoms with van der Waals surface area (Å²) < 4.78 is 47.9. The number of likely N-dealkylation sites (tertiary alicyclic amines) is 1. The second-order valence-corrected chi connectivity index (χ2v) is 5.22. The molecular formula is C14H18F3NO3. The summed E-state index contributed by atoms with van der Waals surface area (Å²) in [6, 6.07) is 3.00. The van der Waals surface area contributed by atoms with E-state index in [0.29, 0.717) is 18.8 Å². The smallest absolute Gasteiger partial charge is 0.391 e. The van der Waals surface area contributed by atoms with Crippen molar-refractivity contribution in [2.75, 3.05) is 20.2 Å². The quantitative estimate of drug-likeness (QED) is 0.803. The summed E-state index contributed by atoms with van der Waals surface area (Å²) in [5, 5.41) is 0. The van der Waals surface area contributed by atoms with Crippen molar-refractivity contribution in [1.82, 2.24) is 4.90 Å². The largest absolute Gasteiger partial charge is 0.463 e. The number of alkyl halides is 3. The fraction of sp³-hybridized carbons (Fsp3) is 0.643. The van der Waals surface area contributed by atoms with E-state index in [-0.39, 0.29) is 24.6 Å². The molecule has 21 heavy (non-hydrogen) atoms. The van der Waals surface area contributed by atoms with Gasteiger partial charge in [0.05, 0.1) is 19.1 Å². The Hall–Kier alpha value is -1.50. The third kappa shape index (κ3) is 3.58. The maximum absolute atomic E-state index is 12.6. The number of hydrogen-bond donors (Lipinski definition) is 0. The molecule has 2 rings (SSSR count). The van der Waals surface area contributed by atoms with Crippen LogP contribution in [-0.4, -0.2) is 37.2 Å². The van der Waals surface area contributed by atoms with Crippen LogP contribution >= 0.6 is 0 Å². The van der Waals surface area contributed by atoms with Crippen LogP contribution in [0.2, 0.25) is 0 Å². The molecule has 4 nitrogen and oxygen atoms in total. The summed E-state index contributed by atoms with van der Waals surface area (Å²) in [5.74, 6) is -1.13. The first-order chi connectivity index (χ1) is 9.82. The Bertz CT molecular complexity index is 490. The van der Waals surface area contributed by atoms with Crippen molar-refractivity contribution in [1.29, 1.82) is 0 Å². The predicted molar refractivity (Wildman–Crippen MR) is 68.8 cm³/mol. The molecule has 1 fully saturated rings. The molecule has 0 spiro atoms. The normalized spacial score (nSPS) is 19.5. The third-order valence-corrected chi connectivity index (χ3v) is 3.97. The number of nitrogens with zero attached hydrogens (tertiary/aromatic N) is 1. The molecular weight excluding hydrogens is 287 g/mol.